The van der Waals surface area contributed by atoms with Crippen LogP contribution in [0.4, 0.5) is 0 Å². The Morgan fingerprint density at radius 3 is 1.05 bits per heavy atom. The normalized spacial score (nSPS) is 10.8. The minimum atomic E-state index is -0.561. The van der Waals surface area contributed by atoms with Gasteiger partial charge < -0.3 is 0 Å². The summed E-state index contributed by atoms with van der Waals surface area (Å²) in [4.78, 5) is 0. The molecule has 0 saturated heterocycles. The van der Waals surface area contributed by atoms with Gasteiger partial charge in [0.2, 0.25) is 0 Å². The molecule has 0 aliphatic carbocycles. The molecule has 0 atom stereocenters. The van der Waals surface area contributed by atoms with E-state index in [-0.39, 0.29) is 0 Å². The molecule has 99 valence electrons. The van der Waals surface area contributed by atoms with Gasteiger partial charge in [-0.05, 0) is 0 Å². The van der Waals surface area contributed by atoms with E-state index in [0.29, 0.717) is 0 Å². The second-order valence-electron chi connectivity index (χ2n) is 5.77. The number of aryl methyl sites for hydroxylation is 6. The predicted octanol–water partition coefficient (Wildman–Crippen LogP) is 2.92. The molecule has 0 aromatic heterocycles. The Hall–Kier alpha value is -1.02. The van der Waals surface area contributed by atoms with Crippen molar-refractivity contribution in [2.45, 2.75) is 41.5 Å². The first-order valence-corrected chi connectivity index (χ1v) is 9.31. The van der Waals surface area contributed by atoms with Crippen LogP contribution in [0, 0.1) is 41.5 Å². The van der Waals surface area contributed by atoms with E-state index < -0.39 is 15.4 Å². The van der Waals surface area contributed by atoms with E-state index in [1.807, 2.05) is 0 Å². The van der Waals surface area contributed by atoms with Gasteiger partial charge in [-0.2, -0.15) is 0 Å². The molecule has 2 rings (SSSR count). The van der Waals surface area contributed by atoms with E-state index in [0.717, 1.165) is 0 Å². The summed E-state index contributed by atoms with van der Waals surface area (Å²) in [7, 11) is 0. The average Bonchev–Trinajstić information content (AvgIpc) is 2.25. The van der Waals surface area contributed by atoms with Crippen molar-refractivity contribution >= 4 is 24.2 Å². The van der Waals surface area contributed by atoms with Crippen molar-refractivity contribution in [1.29, 1.82) is 0 Å². The third kappa shape index (κ3) is 3.12. The molecule has 0 bridgehead atoms. The third-order valence-electron chi connectivity index (χ3n) is 3.76. The SMILES string of the molecule is Cc1cc(C)[c]([GeH][c]2c(C)cc(C)cc2C)c(C)c1. The zero-order valence-corrected chi connectivity index (χ0v) is 15.3. The molecule has 0 nitrogen and oxygen atoms in total. The van der Waals surface area contributed by atoms with E-state index >= 15 is 0 Å². The Kier molecular flexibility index (Phi) is 4.20. The molecule has 2 aromatic rings. The van der Waals surface area contributed by atoms with Crippen molar-refractivity contribution in [3.63, 3.8) is 0 Å². The Balaban J connectivity index is 2.48. The Bertz CT molecular complexity index is 522. The van der Waals surface area contributed by atoms with Crippen LogP contribution in [0.15, 0.2) is 24.3 Å². The number of hydrogen-bond donors (Lipinski definition) is 0. The summed E-state index contributed by atoms with van der Waals surface area (Å²) in [6.07, 6.45) is 0. The molecule has 0 N–H and O–H groups in total. The molecule has 2 aromatic carbocycles. The van der Waals surface area contributed by atoms with Crippen LogP contribution in [-0.2, 0) is 0 Å². The average molecular weight is 312 g/mol. The van der Waals surface area contributed by atoms with E-state index in [4.69, 9.17) is 0 Å². The van der Waals surface area contributed by atoms with E-state index in [2.05, 4.69) is 65.8 Å². The Morgan fingerprint density at radius 1 is 0.526 bits per heavy atom. The van der Waals surface area contributed by atoms with Gasteiger partial charge in [0.05, 0.1) is 0 Å². The summed E-state index contributed by atoms with van der Waals surface area (Å²) in [6.45, 7) is 13.5. The molecule has 0 unspecified atom stereocenters. The van der Waals surface area contributed by atoms with Crippen LogP contribution in [0.1, 0.15) is 33.4 Å². The van der Waals surface area contributed by atoms with Gasteiger partial charge in [0, 0.05) is 0 Å². The molecule has 1 radical (unpaired) electrons. The standard InChI is InChI=1S/C18H23Ge/c1-11-7-13(3)17(14(4)8-11)19-18-15(5)9-12(2)10-16(18)6/h7-10,19H,1-6H3. The molecular weight excluding hydrogens is 289 g/mol. The van der Waals surface area contributed by atoms with Crippen LogP contribution in [0.25, 0.3) is 0 Å². The molecule has 0 aliphatic heterocycles. The third-order valence-corrected chi connectivity index (χ3v) is 8.80. The van der Waals surface area contributed by atoms with Crippen LogP contribution < -0.4 is 8.79 Å². The minimum absolute atomic E-state index is 0.561. The summed E-state index contributed by atoms with van der Waals surface area (Å²) in [5, 5.41) is 0. The van der Waals surface area contributed by atoms with Crippen molar-refractivity contribution < 1.29 is 0 Å². The first-order chi connectivity index (χ1) is 8.88. The first kappa shape index (κ1) is 14.4. The monoisotopic (exact) mass is 313 g/mol. The van der Waals surface area contributed by atoms with Crippen LogP contribution in [0.3, 0.4) is 0 Å². The summed E-state index contributed by atoms with van der Waals surface area (Å²) in [5.41, 5.74) is 8.70. The van der Waals surface area contributed by atoms with Crippen molar-refractivity contribution in [3.05, 3.63) is 57.6 Å². The first-order valence-electron chi connectivity index (χ1n) is 6.89. The fourth-order valence-corrected chi connectivity index (χ4v) is 6.20. The molecule has 0 spiro atoms. The molecule has 1 heteroatoms. The van der Waals surface area contributed by atoms with E-state index in [1.54, 1.807) is 8.79 Å². The Labute approximate surface area is 123 Å². The maximum atomic E-state index is 2.33. The maximum absolute atomic E-state index is 2.33. The van der Waals surface area contributed by atoms with Gasteiger partial charge in [0.15, 0.2) is 0 Å². The summed E-state index contributed by atoms with van der Waals surface area (Å²) in [5.74, 6) is 0. The summed E-state index contributed by atoms with van der Waals surface area (Å²) < 4.78 is 3.29. The summed E-state index contributed by atoms with van der Waals surface area (Å²) in [6, 6.07) is 9.33. The fourth-order valence-electron chi connectivity index (χ4n) is 2.98. The van der Waals surface area contributed by atoms with Gasteiger partial charge in [0.25, 0.3) is 0 Å². The van der Waals surface area contributed by atoms with E-state index in [9.17, 15) is 0 Å². The van der Waals surface area contributed by atoms with E-state index in [1.165, 1.54) is 33.4 Å². The van der Waals surface area contributed by atoms with Crippen LogP contribution in [0.2, 0.25) is 0 Å². The quantitative estimate of drug-likeness (QED) is 0.748. The second-order valence-corrected chi connectivity index (χ2v) is 8.80. The van der Waals surface area contributed by atoms with Crippen molar-refractivity contribution in [2.24, 2.45) is 0 Å². The summed E-state index contributed by atoms with van der Waals surface area (Å²) >= 11 is -0.561. The fraction of sp³-hybridized carbons (Fsp3) is 0.333. The molecule has 0 saturated carbocycles. The molecule has 0 heterocycles. The number of benzene rings is 2. The number of hydrogen-bond acceptors (Lipinski definition) is 0. The van der Waals surface area contributed by atoms with Crippen LogP contribution >= 0.6 is 0 Å². The molecular formula is C18H23Ge. The van der Waals surface area contributed by atoms with Crippen LogP contribution in [0.5, 0.6) is 0 Å². The van der Waals surface area contributed by atoms with Crippen molar-refractivity contribution in [3.8, 4) is 0 Å². The molecule has 0 amide bonds. The van der Waals surface area contributed by atoms with Gasteiger partial charge in [-0.15, -0.1) is 0 Å². The zero-order chi connectivity index (χ0) is 14.2. The molecule has 0 fully saturated rings. The van der Waals surface area contributed by atoms with Gasteiger partial charge in [-0.1, -0.05) is 0 Å². The van der Waals surface area contributed by atoms with Gasteiger partial charge >= 0.3 is 123 Å². The topological polar surface area (TPSA) is 0 Å². The zero-order valence-electron chi connectivity index (χ0n) is 12.9. The predicted molar refractivity (Wildman–Crippen MR) is 87.7 cm³/mol. The van der Waals surface area contributed by atoms with Crippen molar-refractivity contribution in [1.82, 2.24) is 0 Å². The second kappa shape index (κ2) is 5.54. The van der Waals surface area contributed by atoms with Gasteiger partial charge in [-0.25, -0.2) is 0 Å². The number of rotatable bonds is 2. The van der Waals surface area contributed by atoms with Crippen LogP contribution in [-0.4, -0.2) is 15.4 Å². The van der Waals surface area contributed by atoms with Crippen molar-refractivity contribution in [2.75, 3.05) is 0 Å². The van der Waals surface area contributed by atoms with Gasteiger partial charge in [0.1, 0.15) is 0 Å². The van der Waals surface area contributed by atoms with Gasteiger partial charge in [-0.3, -0.25) is 0 Å². The molecule has 0 aliphatic rings. The Morgan fingerprint density at radius 2 is 0.789 bits per heavy atom. The molecule has 19 heavy (non-hydrogen) atoms.